The first-order valence-electron chi connectivity index (χ1n) is 6.98. The third-order valence-electron chi connectivity index (χ3n) is 3.28. The van der Waals surface area contributed by atoms with Crippen LogP contribution >= 0.6 is 0 Å². The van der Waals surface area contributed by atoms with Crippen molar-refractivity contribution >= 4 is 23.0 Å². The van der Waals surface area contributed by atoms with Crippen molar-refractivity contribution in [3.8, 4) is 0 Å². The number of nitrogens with one attached hydrogen (secondary N) is 1. The van der Waals surface area contributed by atoms with Gasteiger partial charge < -0.3 is 15.8 Å². The Hall–Kier alpha value is -2.49. The van der Waals surface area contributed by atoms with Crippen molar-refractivity contribution in [1.29, 1.82) is 0 Å². The fraction of sp³-hybridized carbons (Fsp3) is 0.235. The number of hydrogen-bond acceptors (Lipinski definition) is 4. The van der Waals surface area contributed by atoms with Crippen molar-refractivity contribution in [1.82, 2.24) is 0 Å². The van der Waals surface area contributed by atoms with Crippen LogP contribution in [0.3, 0.4) is 0 Å². The van der Waals surface area contributed by atoms with E-state index in [4.69, 9.17) is 10.5 Å². The largest absolute Gasteiger partial charge is 0.465 e. The summed E-state index contributed by atoms with van der Waals surface area (Å²) in [6.45, 7) is 2.16. The Balaban J connectivity index is 2.21. The number of nitrogen functional groups attached to an aromatic ring is 1. The van der Waals surface area contributed by atoms with Gasteiger partial charge in [0.1, 0.15) is 0 Å². The molecule has 0 spiro atoms. The molecule has 0 amide bonds. The molecule has 0 saturated heterocycles. The molecule has 0 atom stereocenters. The highest BCUT2D eigenvalue weighted by atomic mass is 16.5. The van der Waals surface area contributed by atoms with Crippen molar-refractivity contribution in [3.05, 3.63) is 53.6 Å². The van der Waals surface area contributed by atoms with Gasteiger partial charge in [-0.3, -0.25) is 0 Å². The molecule has 2 rings (SSSR count). The van der Waals surface area contributed by atoms with Crippen LogP contribution in [0.25, 0.3) is 0 Å². The van der Waals surface area contributed by atoms with Crippen molar-refractivity contribution < 1.29 is 9.53 Å². The van der Waals surface area contributed by atoms with Gasteiger partial charge in [0, 0.05) is 5.69 Å². The number of anilines is 3. The number of esters is 1. The maximum atomic E-state index is 11.6. The van der Waals surface area contributed by atoms with E-state index in [1.54, 1.807) is 12.1 Å². The van der Waals surface area contributed by atoms with E-state index in [2.05, 4.69) is 24.4 Å². The molecule has 0 fully saturated rings. The lowest BCUT2D eigenvalue weighted by Gasteiger charge is -2.12. The minimum Gasteiger partial charge on any atom is -0.465 e. The van der Waals surface area contributed by atoms with Crippen LogP contribution in [0.5, 0.6) is 0 Å². The number of methoxy groups -OCH3 is 1. The lowest BCUT2D eigenvalue weighted by atomic mass is 10.1. The van der Waals surface area contributed by atoms with Gasteiger partial charge in [-0.15, -0.1) is 0 Å². The average molecular weight is 284 g/mol. The summed E-state index contributed by atoms with van der Waals surface area (Å²) in [6.07, 6.45) is 2.20. The monoisotopic (exact) mass is 284 g/mol. The number of benzene rings is 2. The van der Waals surface area contributed by atoms with Gasteiger partial charge in [0.2, 0.25) is 0 Å². The maximum absolute atomic E-state index is 11.6. The Labute approximate surface area is 124 Å². The molecule has 4 nitrogen and oxygen atoms in total. The van der Waals surface area contributed by atoms with Gasteiger partial charge in [-0.25, -0.2) is 4.79 Å². The molecule has 0 saturated carbocycles. The Kier molecular flexibility index (Phi) is 4.82. The highest BCUT2D eigenvalue weighted by molar-refractivity contribution is 5.98. The lowest BCUT2D eigenvalue weighted by molar-refractivity contribution is 0.0602. The van der Waals surface area contributed by atoms with E-state index in [1.807, 2.05) is 18.2 Å². The highest BCUT2D eigenvalue weighted by Gasteiger charge is 2.12. The minimum absolute atomic E-state index is 0.366. The van der Waals surface area contributed by atoms with Gasteiger partial charge >= 0.3 is 5.97 Å². The smallest absolute Gasteiger partial charge is 0.340 e. The fourth-order valence-electron chi connectivity index (χ4n) is 2.16. The lowest BCUT2D eigenvalue weighted by Crippen LogP contribution is -2.07. The van der Waals surface area contributed by atoms with Crippen LogP contribution in [0.15, 0.2) is 42.5 Å². The molecule has 0 aliphatic carbocycles. The van der Waals surface area contributed by atoms with Gasteiger partial charge in [-0.1, -0.05) is 31.5 Å². The van der Waals surface area contributed by atoms with Crippen LogP contribution in [-0.2, 0) is 11.2 Å². The summed E-state index contributed by atoms with van der Waals surface area (Å²) in [5, 5.41) is 3.23. The standard InChI is InChI=1S/C17H20N2O2/c1-3-5-12-8-10-13(11-9-12)19-15-7-4-6-14(16(15)18)17(20)21-2/h4,6-11,19H,3,5,18H2,1-2H3. The highest BCUT2D eigenvalue weighted by Crippen LogP contribution is 2.27. The third-order valence-corrected chi connectivity index (χ3v) is 3.28. The summed E-state index contributed by atoms with van der Waals surface area (Å²) in [7, 11) is 1.34. The maximum Gasteiger partial charge on any atom is 0.340 e. The molecule has 0 radical (unpaired) electrons. The van der Waals surface area contributed by atoms with E-state index >= 15 is 0 Å². The molecule has 4 heteroatoms. The van der Waals surface area contributed by atoms with Crippen molar-refractivity contribution in [2.24, 2.45) is 0 Å². The first-order chi connectivity index (χ1) is 10.2. The Bertz CT molecular complexity index is 621. The van der Waals surface area contributed by atoms with Crippen molar-refractivity contribution in [3.63, 3.8) is 0 Å². The number of rotatable bonds is 5. The Morgan fingerprint density at radius 1 is 1.19 bits per heavy atom. The van der Waals surface area contributed by atoms with Crippen molar-refractivity contribution in [2.45, 2.75) is 19.8 Å². The number of nitrogens with two attached hydrogens (primary N) is 1. The molecular formula is C17H20N2O2. The quantitative estimate of drug-likeness (QED) is 0.648. The van der Waals surface area contributed by atoms with Crippen LogP contribution in [0.2, 0.25) is 0 Å². The summed E-state index contributed by atoms with van der Waals surface area (Å²) >= 11 is 0. The minimum atomic E-state index is -0.436. The molecule has 3 N–H and O–H groups in total. The van der Waals surface area contributed by atoms with Crippen LogP contribution < -0.4 is 11.1 Å². The Morgan fingerprint density at radius 2 is 1.90 bits per heavy atom. The summed E-state index contributed by atoms with van der Waals surface area (Å²) in [5.41, 5.74) is 9.71. The van der Waals surface area contributed by atoms with Crippen LogP contribution in [0.4, 0.5) is 17.1 Å². The molecule has 110 valence electrons. The number of carbonyl (C=O) groups excluding carboxylic acids is 1. The van der Waals surface area contributed by atoms with Gasteiger partial charge in [0.25, 0.3) is 0 Å². The van der Waals surface area contributed by atoms with E-state index < -0.39 is 5.97 Å². The molecule has 2 aromatic rings. The second-order valence-electron chi connectivity index (χ2n) is 4.83. The van der Waals surface area contributed by atoms with E-state index in [9.17, 15) is 4.79 Å². The second kappa shape index (κ2) is 6.79. The van der Waals surface area contributed by atoms with Crippen LogP contribution in [0, 0.1) is 0 Å². The first kappa shape index (κ1) is 14.9. The van der Waals surface area contributed by atoms with E-state index in [0.717, 1.165) is 18.5 Å². The van der Waals surface area contributed by atoms with E-state index in [-0.39, 0.29) is 0 Å². The molecule has 0 aliphatic heterocycles. The SMILES string of the molecule is CCCc1ccc(Nc2cccc(C(=O)OC)c2N)cc1. The number of aryl methyl sites for hydroxylation is 1. The van der Waals surface area contributed by atoms with Gasteiger partial charge in [0.15, 0.2) is 0 Å². The van der Waals surface area contributed by atoms with Crippen LogP contribution in [0.1, 0.15) is 29.3 Å². The molecule has 2 aromatic carbocycles. The van der Waals surface area contributed by atoms with Gasteiger partial charge in [-0.05, 0) is 36.2 Å². The molecule has 0 aliphatic rings. The molecule has 0 unspecified atom stereocenters. The summed E-state index contributed by atoms with van der Waals surface area (Å²) in [4.78, 5) is 11.6. The predicted molar refractivity (Wildman–Crippen MR) is 85.9 cm³/mol. The molecule has 0 aromatic heterocycles. The summed E-state index contributed by atoms with van der Waals surface area (Å²) < 4.78 is 4.72. The molecular weight excluding hydrogens is 264 g/mol. The normalized spacial score (nSPS) is 10.2. The van der Waals surface area contributed by atoms with E-state index in [1.165, 1.54) is 12.7 Å². The average Bonchev–Trinajstić information content (AvgIpc) is 2.51. The van der Waals surface area contributed by atoms with Crippen LogP contribution in [-0.4, -0.2) is 13.1 Å². The zero-order valence-corrected chi connectivity index (χ0v) is 12.3. The number of hydrogen-bond donors (Lipinski definition) is 2. The van der Waals surface area contributed by atoms with Gasteiger partial charge in [0.05, 0.1) is 24.0 Å². The number of carbonyl (C=O) groups is 1. The molecule has 0 heterocycles. The molecule has 21 heavy (non-hydrogen) atoms. The zero-order chi connectivity index (χ0) is 15.2. The number of ether oxygens (including phenoxy) is 1. The first-order valence-corrected chi connectivity index (χ1v) is 6.98. The fourth-order valence-corrected chi connectivity index (χ4v) is 2.16. The van der Waals surface area contributed by atoms with E-state index in [0.29, 0.717) is 16.9 Å². The summed E-state index contributed by atoms with van der Waals surface area (Å²) in [5.74, 6) is -0.436. The third kappa shape index (κ3) is 3.54. The predicted octanol–water partition coefficient (Wildman–Crippen LogP) is 3.75. The Morgan fingerprint density at radius 3 is 2.52 bits per heavy atom. The second-order valence-corrected chi connectivity index (χ2v) is 4.83. The molecule has 0 bridgehead atoms. The topological polar surface area (TPSA) is 64.3 Å². The zero-order valence-electron chi connectivity index (χ0n) is 12.3. The van der Waals surface area contributed by atoms with Gasteiger partial charge in [-0.2, -0.15) is 0 Å². The summed E-state index contributed by atoms with van der Waals surface area (Å²) in [6, 6.07) is 13.5. The number of para-hydroxylation sites is 1. The van der Waals surface area contributed by atoms with Crippen molar-refractivity contribution in [2.75, 3.05) is 18.2 Å².